The maximum absolute atomic E-state index is 12.0. The summed E-state index contributed by atoms with van der Waals surface area (Å²) < 4.78 is 32.0. The Morgan fingerprint density at radius 3 is 1.68 bits per heavy atom. The predicted octanol–water partition coefficient (Wildman–Crippen LogP) is -7.35. The number of carbonyl (C=O) groups excluding carboxylic acids is 1. The fourth-order valence-electron chi connectivity index (χ4n) is 4.05. The van der Waals surface area contributed by atoms with Crippen molar-refractivity contribution in [1.82, 2.24) is 0 Å². The van der Waals surface area contributed by atoms with Crippen LogP contribution in [-0.4, -0.2) is 176 Å². The molecule has 0 unspecified atom stereocenters. The lowest BCUT2D eigenvalue weighted by molar-refractivity contribution is -0.329. The van der Waals surface area contributed by atoms with Crippen LogP contribution in [0.1, 0.15) is 0 Å². The molecule has 0 bridgehead atoms. The van der Waals surface area contributed by atoms with Crippen molar-refractivity contribution in [3.05, 3.63) is 0 Å². The van der Waals surface area contributed by atoms with Crippen molar-refractivity contribution in [2.45, 2.75) is 92.1 Å². The molecule has 0 radical (unpaired) electrons. The summed E-state index contributed by atoms with van der Waals surface area (Å²) in [6, 6.07) is 0. The molecule has 3 heterocycles. The Hall–Kier alpha value is -0.970. The molecule has 0 amide bonds. The molecule has 0 aromatic rings. The minimum Gasteiger partial charge on any atom is -0.394 e. The maximum atomic E-state index is 12.0. The number of hydrogen-bond acceptors (Lipinski definition) is 17. The molecule has 15 atom stereocenters. The van der Waals surface area contributed by atoms with Crippen LogP contribution in [0.5, 0.6) is 0 Å². The van der Waals surface area contributed by atoms with Gasteiger partial charge in [0.05, 0.1) is 26.4 Å². The van der Waals surface area contributed by atoms with Crippen LogP contribution in [0.2, 0.25) is 0 Å². The van der Waals surface area contributed by atoms with Crippen LogP contribution >= 0.6 is 0 Å². The molecule has 0 saturated carbocycles. The van der Waals surface area contributed by atoms with Crippen LogP contribution in [0.15, 0.2) is 0 Å². The van der Waals surface area contributed by atoms with Gasteiger partial charge in [-0.25, -0.2) is 0 Å². The van der Waals surface area contributed by atoms with Crippen LogP contribution in [-0.2, 0) is 33.2 Å². The zero-order chi connectivity index (χ0) is 27.4. The van der Waals surface area contributed by atoms with Crippen molar-refractivity contribution < 1.29 is 84.3 Å². The third kappa shape index (κ3) is 6.79. The standard InChI is InChI=1S/C20H34O17/c21-1-8-13(28)16(31)20(34-8)36-10(3-23)17(37-19-15(30)12(27)7(25)5-33-19)9(2-22)35-18-14(29)11(26)6(24)4-32-18/h2,6-21,23-31H,1,3-5H2/t6-,7-,8+,9+,10-,11+,12+,13+,14-,15-,16-,17-,18-,19+,20+/m1/s1. The Balaban J connectivity index is 1.83. The number of ether oxygens (including phenoxy) is 6. The summed E-state index contributed by atoms with van der Waals surface area (Å²) in [6.45, 7) is -2.60. The van der Waals surface area contributed by atoms with Gasteiger partial charge in [0.15, 0.2) is 25.2 Å². The minimum absolute atomic E-state index is 0.141. The van der Waals surface area contributed by atoms with Gasteiger partial charge in [-0.1, -0.05) is 0 Å². The van der Waals surface area contributed by atoms with E-state index in [-0.39, 0.29) is 6.29 Å². The molecule has 3 rings (SSSR count). The first-order valence-electron chi connectivity index (χ1n) is 11.5. The van der Waals surface area contributed by atoms with Gasteiger partial charge in [-0.3, -0.25) is 0 Å². The Morgan fingerprint density at radius 2 is 1.22 bits per heavy atom. The number of hydrogen-bond donors (Lipinski definition) is 10. The topological polar surface area (TPSA) is 275 Å². The Labute approximate surface area is 209 Å². The fourth-order valence-corrected chi connectivity index (χ4v) is 4.05. The number of carbonyl (C=O) groups is 1. The van der Waals surface area contributed by atoms with E-state index in [0.717, 1.165) is 0 Å². The van der Waals surface area contributed by atoms with Crippen molar-refractivity contribution in [1.29, 1.82) is 0 Å². The molecule has 17 nitrogen and oxygen atoms in total. The molecule has 0 aromatic carbocycles. The molecule has 3 aliphatic rings. The van der Waals surface area contributed by atoms with Crippen LogP contribution in [0.4, 0.5) is 0 Å². The highest BCUT2D eigenvalue weighted by Gasteiger charge is 2.49. The summed E-state index contributed by atoms with van der Waals surface area (Å²) in [5, 5.41) is 99.1. The molecule has 0 spiro atoms. The Morgan fingerprint density at radius 1 is 0.703 bits per heavy atom. The van der Waals surface area contributed by atoms with Gasteiger partial charge in [0.1, 0.15) is 73.2 Å². The number of aldehydes is 1. The summed E-state index contributed by atoms with van der Waals surface area (Å²) in [6.07, 6.45) is -24.6. The van der Waals surface area contributed by atoms with E-state index in [9.17, 15) is 55.9 Å². The van der Waals surface area contributed by atoms with Crippen molar-refractivity contribution in [2.75, 3.05) is 26.4 Å². The van der Waals surface area contributed by atoms with Crippen molar-refractivity contribution in [3.63, 3.8) is 0 Å². The smallest absolute Gasteiger partial charge is 0.187 e. The fraction of sp³-hybridized carbons (Fsp3) is 0.950. The predicted molar refractivity (Wildman–Crippen MR) is 111 cm³/mol. The molecule has 3 fully saturated rings. The molecule has 0 aliphatic carbocycles. The van der Waals surface area contributed by atoms with E-state index in [2.05, 4.69) is 0 Å². The summed E-state index contributed by atoms with van der Waals surface area (Å²) in [5.74, 6) is 0. The summed E-state index contributed by atoms with van der Waals surface area (Å²) >= 11 is 0. The maximum Gasteiger partial charge on any atom is 0.187 e. The molecule has 3 aliphatic heterocycles. The molecule has 216 valence electrons. The highest BCUT2D eigenvalue weighted by Crippen LogP contribution is 2.28. The Bertz CT molecular complexity index is 714. The molecule has 17 heteroatoms. The van der Waals surface area contributed by atoms with E-state index in [0.29, 0.717) is 0 Å². The van der Waals surface area contributed by atoms with Crippen molar-refractivity contribution in [2.24, 2.45) is 0 Å². The van der Waals surface area contributed by atoms with Crippen LogP contribution in [0, 0.1) is 0 Å². The van der Waals surface area contributed by atoms with Crippen LogP contribution in [0.3, 0.4) is 0 Å². The number of aliphatic hydroxyl groups is 10. The summed E-state index contributed by atoms with van der Waals surface area (Å²) in [7, 11) is 0. The van der Waals surface area contributed by atoms with E-state index in [1.165, 1.54) is 0 Å². The van der Waals surface area contributed by atoms with Gasteiger partial charge in [-0.15, -0.1) is 0 Å². The van der Waals surface area contributed by atoms with Gasteiger partial charge in [-0.2, -0.15) is 0 Å². The average Bonchev–Trinajstić information content (AvgIpc) is 3.16. The lowest BCUT2D eigenvalue weighted by Gasteiger charge is -2.41. The van der Waals surface area contributed by atoms with E-state index in [1.54, 1.807) is 0 Å². The zero-order valence-electron chi connectivity index (χ0n) is 19.4. The third-order valence-corrected chi connectivity index (χ3v) is 6.30. The van der Waals surface area contributed by atoms with Crippen molar-refractivity contribution in [3.8, 4) is 0 Å². The number of aliphatic hydroxyl groups excluding tert-OH is 10. The SMILES string of the molecule is O=C[C@H](O[C@H]1OC[C@@H](O)[C@H](O)[C@H]1O)[C@@H](O[C@@H]1OC[C@@H](O)[C@H](O)[C@H]1O)[C@@H](CO)O[C@@H]1O[C@@H](CO)[C@H](O)[C@H]1O. The highest BCUT2D eigenvalue weighted by atomic mass is 16.8. The van der Waals surface area contributed by atoms with Gasteiger partial charge >= 0.3 is 0 Å². The monoisotopic (exact) mass is 546 g/mol. The average molecular weight is 546 g/mol. The van der Waals surface area contributed by atoms with Gasteiger partial charge < -0.3 is 84.3 Å². The third-order valence-electron chi connectivity index (χ3n) is 6.30. The first-order valence-corrected chi connectivity index (χ1v) is 11.5. The number of rotatable bonds is 11. The molecule has 0 aromatic heterocycles. The largest absolute Gasteiger partial charge is 0.394 e. The normalized spacial score (nSPS) is 45.4. The van der Waals surface area contributed by atoms with E-state index in [4.69, 9.17) is 28.4 Å². The van der Waals surface area contributed by atoms with Crippen LogP contribution < -0.4 is 0 Å². The van der Waals surface area contributed by atoms with E-state index < -0.39 is 119 Å². The van der Waals surface area contributed by atoms with Gasteiger partial charge in [0.2, 0.25) is 0 Å². The molecular weight excluding hydrogens is 512 g/mol. The minimum atomic E-state index is -1.85. The second-order valence-electron chi connectivity index (χ2n) is 8.90. The molecule has 3 saturated heterocycles. The van der Waals surface area contributed by atoms with Gasteiger partial charge in [0.25, 0.3) is 0 Å². The lowest BCUT2D eigenvalue weighted by Crippen LogP contribution is -2.59. The molecule has 10 N–H and O–H groups in total. The first kappa shape index (κ1) is 30.6. The second-order valence-corrected chi connectivity index (χ2v) is 8.90. The Kier molecular flexibility index (Phi) is 11.1. The van der Waals surface area contributed by atoms with Crippen LogP contribution in [0.25, 0.3) is 0 Å². The molecular formula is C20H34O17. The quantitative estimate of drug-likeness (QED) is 0.108. The van der Waals surface area contributed by atoms with E-state index >= 15 is 0 Å². The van der Waals surface area contributed by atoms with Crippen molar-refractivity contribution >= 4 is 6.29 Å². The van der Waals surface area contributed by atoms with E-state index in [1.807, 2.05) is 0 Å². The van der Waals surface area contributed by atoms with Gasteiger partial charge in [0, 0.05) is 0 Å². The zero-order valence-corrected chi connectivity index (χ0v) is 19.4. The second kappa shape index (κ2) is 13.4. The summed E-state index contributed by atoms with van der Waals surface area (Å²) in [5.41, 5.74) is 0. The summed E-state index contributed by atoms with van der Waals surface area (Å²) in [4.78, 5) is 12.0. The first-order chi connectivity index (χ1) is 17.5. The van der Waals surface area contributed by atoms with Gasteiger partial charge in [-0.05, 0) is 0 Å². The lowest BCUT2D eigenvalue weighted by atomic mass is 10.0. The highest BCUT2D eigenvalue weighted by molar-refractivity contribution is 5.57. The molecule has 37 heavy (non-hydrogen) atoms.